The summed E-state index contributed by atoms with van der Waals surface area (Å²) in [5.41, 5.74) is 0. The van der Waals surface area contributed by atoms with Crippen LogP contribution >= 0.6 is 15.6 Å². The second kappa shape index (κ2) is 93.8. The molecule has 0 aliphatic heterocycles. The molecule has 4 N–H and O–H groups in total. The number of hydrogen-bond donors (Lipinski definition) is 4. The molecule has 0 spiro atoms. The summed E-state index contributed by atoms with van der Waals surface area (Å²) in [6.07, 6.45) is 124. The minimum Gasteiger partial charge on any atom is -0.463 e. The van der Waals surface area contributed by atoms with E-state index in [2.05, 4.69) is 203 Å². The van der Waals surface area contributed by atoms with Crippen LogP contribution in [0.15, 0.2) is 182 Å². The van der Waals surface area contributed by atoms with E-state index >= 15 is 0 Å². The molecule has 5 atom stereocenters. The highest BCUT2D eigenvalue weighted by molar-refractivity contribution is 7.47. The van der Waals surface area contributed by atoms with Gasteiger partial charge in [-0.15, -0.1) is 0 Å². The molecule has 0 saturated heterocycles. The molecule has 0 saturated carbocycles. The lowest BCUT2D eigenvalue weighted by molar-refractivity contribution is -0.161. The molecule has 5 unspecified atom stereocenters. The molecule has 0 aromatic heterocycles. The SMILES string of the molecule is CC/C=C\C/C=C\C/C=C\C/C=C\C/C=C\C/C=C\CCCCCCCCC(=O)OC(COC(=O)CCCCCCCCCCCCCCC/C=C\C/C=C\C/C=C\C/C=C\CCCCC)COP(=O)(O)OCC(O)COP(=O)(O)OCC(O)COC(=O)CCCCCCCCCCCCCCCCC/C=C\C/C=C\C/C=C\C/C=C\C/C=C\CC. The van der Waals surface area contributed by atoms with Crippen molar-refractivity contribution < 1.29 is 75.8 Å². The minimum atomic E-state index is -4.95. The zero-order chi connectivity index (χ0) is 87.9. The van der Waals surface area contributed by atoms with Crippen LogP contribution in [0, 0.1) is 0 Å². The highest BCUT2D eigenvalue weighted by Gasteiger charge is 2.30. The summed E-state index contributed by atoms with van der Waals surface area (Å²) in [6, 6.07) is 0. The van der Waals surface area contributed by atoms with E-state index in [4.69, 9.17) is 32.3 Å². The topological polar surface area (TPSA) is 231 Å². The van der Waals surface area contributed by atoms with E-state index < -0.39 is 91.5 Å². The van der Waals surface area contributed by atoms with Gasteiger partial charge >= 0.3 is 33.6 Å². The number of ether oxygens (including phenoxy) is 3. The molecule has 121 heavy (non-hydrogen) atoms. The fraction of sp³-hybridized carbons (Fsp3) is 0.680. The Bertz CT molecular complexity index is 2930. The Morgan fingerprint density at radius 3 is 0.694 bits per heavy atom. The van der Waals surface area contributed by atoms with Crippen molar-refractivity contribution in [2.45, 2.75) is 411 Å². The van der Waals surface area contributed by atoms with Crippen molar-refractivity contribution in [3.05, 3.63) is 182 Å². The third-order valence-electron chi connectivity index (χ3n) is 20.1. The molecule has 0 fully saturated rings. The first-order chi connectivity index (χ1) is 59.2. The van der Waals surface area contributed by atoms with Crippen LogP contribution < -0.4 is 0 Å². The molecule has 0 heterocycles. The normalized spacial score (nSPS) is 14.5. The Balaban J connectivity index is 4.64. The van der Waals surface area contributed by atoms with Crippen molar-refractivity contribution in [2.75, 3.05) is 39.6 Å². The summed E-state index contributed by atoms with van der Waals surface area (Å²) >= 11 is 0. The molecule has 0 aliphatic carbocycles. The maximum Gasteiger partial charge on any atom is 0.472 e. The van der Waals surface area contributed by atoms with E-state index in [0.29, 0.717) is 19.3 Å². The lowest BCUT2D eigenvalue weighted by Crippen LogP contribution is -2.30. The van der Waals surface area contributed by atoms with Crippen molar-refractivity contribution in [2.24, 2.45) is 0 Å². The second-order valence-corrected chi connectivity index (χ2v) is 34.7. The largest absolute Gasteiger partial charge is 0.472 e. The number of allylic oxidation sites excluding steroid dienone is 30. The summed E-state index contributed by atoms with van der Waals surface area (Å²) in [6.45, 7) is 2.45. The lowest BCUT2D eigenvalue weighted by Gasteiger charge is -2.21. The Labute approximate surface area is 738 Å². The van der Waals surface area contributed by atoms with E-state index in [1.54, 1.807) is 0 Å². The number of carbonyl (C=O) groups is 3. The number of carbonyl (C=O) groups excluding carboxylic acids is 3. The third-order valence-corrected chi connectivity index (χ3v) is 22.0. The highest BCUT2D eigenvalue weighted by Crippen LogP contribution is 2.45. The quantitative estimate of drug-likeness (QED) is 0.0146. The Kier molecular flexibility index (Phi) is 89.6. The molecule has 16 nitrogen and oxygen atoms in total. The standard InChI is InChI=1S/C103H174O16P2/c1-4-7-10-13-16-19-22-25-28-31-34-37-40-43-45-47-48-50-52-54-56-59-62-65-68-71-74-77-80-83-86-89-101(106)113-92-98(104)93-115-120(109,110)116-94-99(105)95-117-121(111,112)118-97-100(119-103(108)91-88-85-82-79-76-73-70-67-64-61-58-53-42-39-36-33-30-27-24-21-18-15-12-9-6-3)96-114-102(107)90-87-84-81-78-75-72-69-66-63-60-57-55-51-49-46-44-41-38-35-32-29-26-23-20-17-14-11-8-5-2/h7,9-10,12,16-21,25-30,34-39,43-46,53,58,64,67,98-100,104-105H,4-6,8,11,13-15,22-24,31-33,40-42,47-52,54-57,59-63,65-66,68-97H2,1-3H3,(H,109,110)(H,111,112)/b10-7-,12-9-,19-16-,20-17-,21-18-,28-25-,29-26-,30-27-,37-34-,38-35-,39-36-,45-43-,46-44-,58-53-,67-64-. The van der Waals surface area contributed by atoms with Gasteiger partial charge in [-0.25, -0.2) is 9.13 Å². The van der Waals surface area contributed by atoms with Gasteiger partial charge in [0.2, 0.25) is 0 Å². The summed E-state index contributed by atoms with van der Waals surface area (Å²) < 4.78 is 61.6. The van der Waals surface area contributed by atoms with E-state index in [-0.39, 0.29) is 19.3 Å². The number of aliphatic hydroxyl groups is 2. The van der Waals surface area contributed by atoms with Crippen LogP contribution in [0.1, 0.15) is 393 Å². The van der Waals surface area contributed by atoms with Crippen molar-refractivity contribution >= 4 is 33.6 Å². The minimum absolute atomic E-state index is 0.0820. The number of esters is 3. The first-order valence-corrected chi connectivity index (χ1v) is 51.1. The fourth-order valence-electron chi connectivity index (χ4n) is 12.9. The molecule has 0 aromatic rings. The van der Waals surface area contributed by atoms with Crippen LogP contribution in [0.4, 0.5) is 0 Å². The number of phosphoric ester groups is 2. The molecule has 0 radical (unpaired) electrons. The molecular formula is C103H174O16P2. The molecule has 0 rings (SSSR count). The number of rotatable bonds is 90. The van der Waals surface area contributed by atoms with Crippen LogP contribution in [0.3, 0.4) is 0 Å². The van der Waals surface area contributed by atoms with Gasteiger partial charge in [0.25, 0.3) is 0 Å². The zero-order valence-electron chi connectivity index (χ0n) is 76.4. The average molecular weight is 1730 g/mol. The van der Waals surface area contributed by atoms with Crippen LogP contribution in [0.25, 0.3) is 0 Å². The molecule has 0 amide bonds. The fourth-order valence-corrected chi connectivity index (χ4v) is 14.5. The molecule has 0 bridgehead atoms. The Morgan fingerprint density at radius 1 is 0.240 bits per heavy atom. The first kappa shape index (κ1) is 116. The Morgan fingerprint density at radius 2 is 0.438 bits per heavy atom. The zero-order valence-corrected chi connectivity index (χ0v) is 78.2. The van der Waals surface area contributed by atoms with Gasteiger partial charge in [0.15, 0.2) is 6.10 Å². The van der Waals surface area contributed by atoms with Gasteiger partial charge < -0.3 is 34.2 Å². The van der Waals surface area contributed by atoms with E-state index in [0.717, 1.165) is 180 Å². The van der Waals surface area contributed by atoms with Gasteiger partial charge in [-0.3, -0.25) is 32.5 Å². The van der Waals surface area contributed by atoms with Gasteiger partial charge in [-0.2, -0.15) is 0 Å². The summed E-state index contributed by atoms with van der Waals surface area (Å²) in [5.74, 6) is -1.59. The second-order valence-electron chi connectivity index (χ2n) is 31.8. The summed E-state index contributed by atoms with van der Waals surface area (Å²) in [5, 5.41) is 20.8. The molecular weight excluding hydrogens is 1560 g/mol. The molecule has 0 aromatic carbocycles. The third kappa shape index (κ3) is 95.2. The number of unbranched alkanes of at least 4 members (excludes halogenated alkanes) is 37. The van der Waals surface area contributed by atoms with Gasteiger partial charge in [0, 0.05) is 19.3 Å². The number of hydrogen-bond acceptors (Lipinski definition) is 14. The molecule has 18 heteroatoms. The van der Waals surface area contributed by atoms with Crippen molar-refractivity contribution in [1.82, 2.24) is 0 Å². The maximum absolute atomic E-state index is 13.1. The lowest BCUT2D eigenvalue weighted by atomic mass is 10.0. The van der Waals surface area contributed by atoms with Crippen LogP contribution in [0.2, 0.25) is 0 Å². The van der Waals surface area contributed by atoms with E-state index in [1.165, 1.54) is 154 Å². The van der Waals surface area contributed by atoms with Crippen molar-refractivity contribution in [1.29, 1.82) is 0 Å². The van der Waals surface area contributed by atoms with Crippen molar-refractivity contribution in [3.8, 4) is 0 Å². The van der Waals surface area contributed by atoms with Crippen LogP contribution in [-0.2, 0) is 55.8 Å². The maximum atomic E-state index is 13.1. The van der Waals surface area contributed by atoms with Crippen LogP contribution in [0.5, 0.6) is 0 Å². The predicted octanol–water partition coefficient (Wildman–Crippen LogP) is 30.0. The first-order valence-electron chi connectivity index (χ1n) is 48.1. The predicted molar refractivity (Wildman–Crippen MR) is 509 cm³/mol. The van der Waals surface area contributed by atoms with E-state index in [9.17, 15) is 43.5 Å². The van der Waals surface area contributed by atoms with E-state index in [1.807, 2.05) is 0 Å². The molecule has 692 valence electrons. The Hall–Kier alpha value is -5.35. The van der Waals surface area contributed by atoms with Gasteiger partial charge in [0.1, 0.15) is 25.4 Å². The number of aliphatic hydroxyl groups excluding tert-OH is 2. The van der Waals surface area contributed by atoms with Crippen molar-refractivity contribution in [3.63, 3.8) is 0 Å². The van der Waals surface area contributed by atoms with Crippen LogP contribution in [-0.4, -0.2) is 95.9 Å². The van der Waals surface area contributed by atoms with Gasteiger partial charge in [0.05, 0.1) is 26.4 Å². The van der Waals surface area contributed by atoms with Gasteiger partial charge in [-0.05, 0) is 161 Å². The average Bonchev–Trinajstić information content (AvgIpc) is 0.943. The van der Waals surface area contributed by atoms with Gasteiger partial charge in [-0.1, -0.05) is 396 Å². The highest BCUT2D eigenvalue weighted by atomic mass is 31.2. The smallest absolute Gasteiger partial charge is 0.463 e. The summed E-state index contributed by atoms with van der Waals surface area (Å²) in [4.78, 5) is 59.1. The number of phosphoric acid groups is 2. The molecule has 0 aliphatic rings. The monoisotopic (exact) mass is 1730 g/mol. The summed E-state index contributed by atoms with van der Waals surface area (Å²) in [7, 11) is -9.82.